The number of carbonyl (C=O) groups excluding carboxylic acids is 1. The van der Waals surface area contributed by atoms with E-state index in [2.05, 4.69) is 20.8 Å². The van der Waals surface area contributed by atoms with Gasteiger partial charge in [-0.1, -0.05) is 41.5 Å². The number of hydrogen-bond donors (Lipinski definition) is 1. The molecule has 0 spiro atoms. The van der Waals surface area contributed by atoms with Gasteiger partial charge in [-0.05, 0) is 0 Å². The van der Waals surface area contributed by atoms with Crippen LogP contribution in [-0.4, -0.2) is 15.9 Å². The maximum Gasteiger partial charge on any atom is 0.165 e. The average molecular weight is 203 g/mol. The van der Waals surface area contributed by atoms with Crippen LogP contribution in [-0.2, 0) is 4.79 Å². The van der Waals surface area contributed by atoms with Crippen LogP contribution >= 0.6 is 11.8 Å². The zero-order valence-corrected chi connectivity index (χ0v) is 10.3. The standard InChI is InChI=1S/C10H21NOS/c1-9(2,3)7(12)8(11)13-10(4,5)6/h8H,11H2,1-6H3/t8-/m0/s1. The highest BCUT2D eigenvalue weighted by Gasteiger charge is 2.30. The molecule has 0 saturated heterocycles. The summed E-state index contributed by atoms with van der Waals surface area (Å²) >= 11 is 1.52. The first-order valence-corrected chi connectivity index (χ1v) is 5.40. The van der Waals surface area contributed by atoms with Crippen LogP contribution in [0.4, 0.5) is 0 Å². The molecule has 1 atom stereocenters. The maximum atomic E-state index is 11.7. The number of thioether (sulfide) groups is 1. The normalized spacial score (nSPS) is 15.6. The van der Waals surface area contributed by atoms with Crippen molar-refractivity contribution in [2.24, 2.45) is 11.1 Å². The zero-order valence-electron chi connectivity index (χ0n) is 9.47. The number of nitrogens with two attached hydrogens (primary N) is 1. The Hall–Kier alpha value is -0.0200. The van der Waals surface area contributed by atoms with E-state index in [1.165, 1.54) is 11.8 Å². The van der Waals surface area contributed by atoms with Gasteiger partial charge < -0.3 is 5.73 Å². The van der Waals surface area contributed by atoms with Crippen molar-refractivity contribution < 1.29 is 4.79 Å². The molecule has 3 heteroatoms. The minimum absolute atomic E-state index is 0.0420. The lowest BCUT2D eigenvalue weighted by Gasteiger charge is -2.26. The van der Waals surface area contributed by atoms with Gasteiger partial charge in [0.25, 0.3) is 0 Å². The molecule has 2 N–H and O–H groups in total. The molecule has 0 fully saturated rings. The van der Waals surface area contributed by atoms with E-state index in [0.717, 1.165) is 0 Å². The summed E-state index contributed by atoms with van der Waals surface area (Å²) in [7, 11) is 0. The fourth-order valence-electron chi connectivity index (χ4n) is 0.861. The van der Waals surface area contributed by atoms with E-state index in [1.807, 2.05) is 20.8 Å². The Morgan fingerprint density at radius 3 is 1.77 bits per heavy atom. The van der Waals surface area contributed by atoms with E-state index < -0.39 is 5.37 Å². The van der Waals surface area contributed by atoms with Crippen LogP contribution in [0.5, 0.6) is 0 Å². The van der Waals surface area contributed by atoms with Gasteiger partial charge in [0.1, 0.15) is 5.37 Å². The molecular formula is C10H21NOS. The molecule has 0 aromatic heterocycles. The largest absolute Gasteiger partial charge is 0.313 e. The van der Waals surface area contributed by atoms with Crippen molar-refractivity contribution in [3.05, 3.63) is 0 Å². The Morgan fingerprint density at radius 1 is 1.15 bits per heavy atom. The van der Waals surface area contributed by atoms with E-state index in [1.54, 1.807) is 0 Å². The van der Waals surface area contributed by atoms with Crippen LogP contribution in [0.1, 0.15) is 41.5 Å². The minimum Gasteiger partial charge on any atom is -0.313 e. The lowest BCUT2D eigenvalue weighted by Crippen LogP contribution is -2.38. The van der Waals surface area contributed by atoms with Crippen molar-refractivity contribution in [2.45, 2.75) is 51.7 Å². The molecule has 0 bridgehead atoms. The third kappa shape index (κ3) is 5.32. The Morgan fingerprint density at radius 2 is 1.54 bits per heavy atom. The third-order valence-corrected chi connectivity index (χ3v) is 2.65. The number of hydrogen-bond acceptors (Lipinski definition) is 3. The summed E-state index contributed by atoms with van der Waals surface area (Å²) in [6, 6.07) is 0. The van der Waals surface area contributed by atoms with Crippen LogP contribution in [0.15, 0.2) is 0 Å². The zero-order chi connectivity index (χ0) is 10.9. The van der Waals surface area contributed by atoms with E-state index in [4.69, 9.17) is 5.73 Å². The van der Waals surface area contributed by atoms with Crippen LogP contribution in [0, 0.1) is 5.41 Å². The summed E-state index contributed by atoms with van der Waals surface area (Å²) in [6.07, 6.45) is 0. The van der Waals surface area contributed by atoms with Gasteiger partial charge in [0.05, 0.1) is 0 Å². The lowest BCUT2D eigenvalue weighted by atomic mass is 9.91. The molecule has 0 aliphatic rings. The van der Waals surface area contributed by atoms with E-state index in [-0.39, 0.29) is 15.9 Å². The first-order chi connectivity index (χ1) is 5.54. The number of Topliss-reactive ketones (excluding diaryl/α,β-unsaturated/α-hetero) is 1. The van der Waals surface area contributed by atoms with Crippen molar-refractivity contribution in [3.8, 4) is 0 Å². The first-order valence-electron chi connectivity index (χ1n) is 4.52. The van der Waals surface area contributed by atoms with Gasteiger partial charge in [-0.2, -0.15) is 0 Å². The van der Waals surface area contributed by atoms with Gasteiger partial charge in [0, 0.05) is 10.2 Å². The highest BCUT2D eigenvalue weighted by molar-refractivity contribution is 8.01. The van der Waals surface area contributed by atoms with Crippen molar-refractivity contribution in [1.29, 1.82) is 0 Å². The third-order valence-electron chi connectivity index (χ3n) is 1.48. The molecule has 0 radical (unpaired) electrons. The van der Waals surface area contributed by atoms with E-state index in [9.17, 15) is 4.79 Å². The molecule has 0 aliphatic carbocycles. The molecule has 78 valence electrons. The summed E-state index contributed by atoms with van der Waals surface area (Å²) in [6.45, 7) is 11.9. The quantitative estimate of drug-likeness (QED) is 0.701. The molecular weight excluding hydrogens is 182 g/mol. The molecule has 13 heavy (non-hydrogen) atoms. The minimum atomic E-state index is -0.403. The Balaban J connectivity index is 4.30. The summed E-state index contributed by atoms with van der Waals surface area (Å²) in [5, 5.41) is -0.403. The topological polar surface area (TPSA) is 43.1 Å². The Kier molecular flexibility index (Phi) is 4.00. The lowest BCUT2D eigenvalue weighted by molar-refractivity contribution is -0.125. The smallest absolute Gasteiger partial charge is 0.165 e. The summed E-state index contributed by atoms with van der Waals surface area (Å²) in [5.41, 5.74) is 5.47. The van der Waals surface area contributed by atoms with Crippen molar-refractivity contribution >= 4 is 17.5 Å². The van der Waals surface area contributed by atoms with Gasteiger partial charge in [-0.3, -0.25) is 4.79 Å². The van der Waals surface area contributed by atoms with Crippen molar-refractivity contribution in [1.82, 2.24) is 0 Å². The fraction of sp³-hybridized carbons (Fsp3) is 0.900. The van der Waals surface area contributed by atoms with Crippen molar-refractivity contribution in [2.75, 3.05) is 0 Å². The van der Waals surface area contributed by atoms with Crippen molar-refractivity contribution in [3.63, 3.8) is 0 Å². The first kappa shape index (κ1) is 13.0. The molecule has 0 saturated carbocycles. The molecule has 0 heterocycles. The van der Waals surface area contributed by atoms with Gasteiger partial charge >= 0.3 is 0 Å². The number of rotatable bonds is 2. The Labute approximate surface area is 85.6 Å². The van der Waals surface area contributed by atoms with Crippen LogP contribution < -0.4 is 5.73 Å². The summed E-state index contributed by atoms with van der Waals surface area (Å²) in [5.74, 6) is 0.118. The van der Waals surface area contributed by atoms with Gasteiger partial charge in [0.2, 0.25) is 0 Å². The van der Waals surface area contributed by atoms with Crippen LogP contribution in [0.3, 0.4) is 0 Å². The van der Waals surface area contributed by atoms with E-state index in [0.29, 0.717) is 0 Å². The maximum absolute atomic E-state index is 11.7. The SMILES string of the molecule is CC(C)(C)S[C@H](N)C(=O)C(C)(C)C. The van der Waals surface area contributed by atoms with Gasteiger partial charge in [-0.25, -0.2) is 0 Å². The van der Waals surface area contributed by atoms with Crippen LogP contribution in [0.2, 0.25) is 0 Å². The molecule has 0 aromatic carbocycles. The van der Waals surface area contributed by atoms with Gasteiger partial charge in [-0.15, -0.1) is 11.8 Å². The summed E-state index contributed by atoms with van der Waals surface area (Å²) < 4.78 is 0.0420. The predicted molar refractivity (Wildman–Crippen MR) is 59.8 cm³/mol. The Bertz CT molecular complexity index is 188. The average Bonchev–Trinajstić information content (AvgIpc) is 1.79. The molecule has 0 unspecified atom stereocenters. The molecule has 0 rings (SSSR count). The predicted octanol–water partition coefficient (Wildman–Crippen LogP) is 2.42. The fourth-order valence-corrected chi connectivity index (χ4v) is 2.08. The summed E-state index contributed by atoms with van der Waals surface area (Å²) in [4.78, 5) is 11.7. The molecule has 0 aromatic rings. The monoisotopic (exact) mass is 203 g/mol. The number of ketones is 1. The number of carbonyl (C=O) groups is 1. The molecule has 2 nitrogen and oxygen atoms in total. The van der Waals surface area contributed by atoms with Crippen LogP contribution in [0.25, 0.3) is 0 Å². The highest BCUT2D eigenvalue weighted by Crippen LogP contribution is 2.29. The van der Waals surface area contributed by atoms with Gasteiger partial charge in [0.15, 0.2) is 5.78 Å². The highest BCUT2D eigenvalue weighted by atomic mass is 32.2. The second-order valence-corrected chi connectivity index (χ2v) is 7.23. The molecule has 0 amide bonds. The second-order valence-electron chi connectivity index (χ2n) is 5.27. The second kappa shape index (κ2) is 4.01. The molecule has 0 aliphatic heterocycles. The van der Waals surface area contributed by atoms with E-state index >= 15 is 0 Å².